The molecule has 0 spiro atoms. The Morgan fingerprint density at radius 3 is 2.07 bits per heavy atom. The molecule has 6 nitrogen and oxygen atoms in total. The maximum absolute atomic E-state index is 10.3. The fraction of sp³-hybridized carbons (Fsp3) is 0. The lowest BCUT2D eigenvalue weighted by molar-refractivity contribution is -0.384. The smallest absolute Gasteiger partial charge is 0.258 e. The summed E-state index contributed by atoms with van der Waals surface area (Å²) in [6, 6.07) is 5.14. The zero-order chi connectivity index (χ0) is 10.6. The van der Waals surface area contributed by atoms with Crippen molar-refractivity contribution in [2.24, 2.45) is 0 Å². The highest BCUT2D eigenvalue weighted by atomic mass is 16.6. The van der Waals surface area contributed by atoms with Crippen LogP contribution in [0.3, 0.4) is 0 Å². The Labute approximate surface area is 79.4 Å². The van der Waals surface area contributed by atoms with Crippen molar-refractivity contribution >= 4 is 11.4 Å². The zero-order valence-corrected chi connectivity index (χ0v) is 6.91. The first-order chi connectivity index (χ1) is 6.69. The predicted octanol–water partition coefficient (Wildman–Crippen LogP) is 1.36. The molecule has 0 heterocycles. The highest BCUT2D eigenvalue weighted by Gasteiger charge is 2.07. The van der Waals surface area contributed by atoms with Gasteiger partial charge in [-0.25, -0.2) is 0 Å². The van der Waals surface area contributed by atoms with Crippen molar-refractivity contribution in [1.82, 2.24) is 0 Å². The van der Waals surface area contributed by atoms with Crippen molar-refractivity contribution in [1.29, 1.82) is 10.5 Å². The van der Waals surface area contributed by atoms with E-state index in [1.165, 1.54) is 24.3 Å². The average Bonchev–Trinajstić information content (AvgIpc) is 2.20. The minimum atomic E-state index is -0.549. The van der Waals surface area contributed by atoms with Gasteiger partial charge in [-0.15, -0.1) is 0 Å². The average molecular weight is 188 g/mol. The number of hydrogen-bond acceptors (Lipinski definition) is 5. The third kappa shape index (κ3) is 1.76. The van der Waals surface area contributed by atoms with Gasteiger partial charge in [0, 0.05) is 12.1 Å². The van der Waals surface area contributed by atoms with Crippen LogP contribution in [0.5, 0.6) is 0 Å². The van der Waals surface area contributed by atoms with Crippen LogP contribution in [0.2, 0.25) is 0 Å². The number of nitrogens with zero attached hydrogens (tertiary/aromatic N) is 4. The molecule has 68 valence electrons. The van der Waals surface area contributed by atoms with E-state index in [-0.39, 0.29) is 5.69 Å². The minimum Gasteiger partial charge on any atom is -0.258 e. The number of rotatable bonds is 2. The number of non-ortho nitro benzene ring substituents is 1. The highest BCUT2D eigenvalue weighted by Crippen LogP contribution is 2.17. The maximum atomic E-state index is 10.3. The van der Waals surface area contributed by atoms with Crippen LogP contribution in [-0.2, 0) is 0 Å². The van der Waals surface area contributed by atoms with Crippen LogP contribution in [0, 0.1) is 33.0 Å². The number of nitriles is 2. The number of hydrogen-bond donors (Lipinski definition) is 0. The van der Waals surface area contributed by atoms with Crippen LogP contribution in [0.15, 0.2) is 24.3 Å². The molecule has 0 bridgehead atoms. The first kappa shape index (κ1) is 9.49. The van der Waals surface area contributed by atoms with Crippen molar-refractivity contribution in [3.05, 3.63) is 34.4 Å². The summed E-state index contributed by atoms with van der Waals surface area (Å²) in [4.78, 5) is 10.5. The largest absolute Gasteiger partial charge is 0.269 e. The summed E-state index contributed by atoms with van der Waals surface area (Å²) in [7, 11) is 0. The molecule has 1 rings (SSSR count). The predicted molar refractivity (Wildman–Crippen MR) is 46.8 cm³/mol. The standard InChI is InChI=1S/C8H4N4O2/c9-5-11(6-10)7-1-3-8(4-2-7)12(13)14/h1-4H. The molecular formula is C8H4N4O2. The SMILES string of the molecule is N#CN(C#N)c1ccc([N+](=O)[O-])cc1. The zero-order valence-electron chi connectivity index (χ0n) is 6.91. The van der Waals surface area contributed by atoms with Crippen molar-refractivity contribution in [3.8, 4) is 12.4 Å². The third-order valence-corrected chi connectivity index (χ3v) is 1.52. The summed E-state index contributed by atoms with van der Waals surface area (Å²) in [6.45, 7) is 0. The first-order valence-corrected chi connectivity index (χ1v) is 3.53. The van der Waals surface area contributed by atoms with Gasteiger partial charge in [-0.05, 0) is 12.1 Å². The van der Waals surface area contributed by atoms with Crippen LogP contribution < -0.4 is 4.90 Å². The Hall–Kier alpha value is -2.60. The Kier molecular flexibility index (Phi) is 2.63. The van der Waals surface area contributed by atoms with E-state index in [4.69, 9.17) is 10.5 Å². The molecule has 6 heteroatoms. The van der Waals surface area contributed by atoms with E-state index in [0.29, 0.717) is 5.69 Å². The molecule has 0 saturated carbocycles. The van der Waals surface area contributed by atoms with Crippen molar-refractivity contribution < 1.29 is 4.92 Å². The Morgan fingerprint density at radius 2 is 1.71 bits per heavy atom. The summed E-state index contributed by atoms with van der Waals surface area (Å²) in [6.07, 6.45) is 3.24. The molecular weight excluding hydrogens is 184 g/mol. The molecule has 14 heavy (non-hydrogen) atoms. The maximum Gasteiger partial charge on any atom is 0.269 e. The monoisotopic (exact) mass is 188 g/mol. The number of nitro benzene ring substituents is 1. The fourth-order valence-corrected chi connectivity index (χ4v) is 0.861. The number of nitro groups is 1. The van der Waals surface area contributed by atoms with Gasteiger partial charge in [0.1, 0.15) is 0 Å². The van der Waals surface area contributed by atoms with Crippen LogP contribution >= 0.6 is 0 Å². The highest BCUT2D eigenvalue weighted by molar-refractivity contribution is 5.56. The Morgan fingerprint density at radius 1 is 1.21 bits per heavy atom. The molecule has 0 unspecified atom stereocenters. The lowest BCUT2D eigenvalue weighted by atomic mass is 10.3. The van der Waals surface area contributed by atoms with Gasteiger partial charge < -0.3 is 0 Å². The molecule has 0 N–H and O–H groups in total. The normalized spacial score (nSPS) is 8.43. The van der Waals surface area contributed by atoms with Gasteiger partial charge in [0.25, 0.3) is 5.69 Å². The van der Waals surface area contributed by atoms with E-state index in [9.17, 15) is 10.1 Å². The minimum absolute atomic E-state index is 0.0791. The van der Waals surface area contributed by atoms with Gasteiger partial charge in [-0.1, -0.05) is 0 Å². The second kappa shape index (κ2) is 3.87. The lowest BCUT2D eigenvalue weighted by Crippen LogP contribution is -2.06. The molecule has 0 aliphatic heterocycles. The van der Waals surface area contributed by atoms with E-state index in [1.807, 2.05) is 0 Å². The second-order valence-corrected chi connectivity index (χ2v) is 2.31. The van der Waals surface area contributed by atoms with E-state index in [1.54, 1.807) is 12.4 Å². The molecule has 0 atom stereocenters. The Balaban J connectivity index is 3.01. The summed E-state index contributed by atoms with van der Waals surface area (Å²) in [5.74, 6) is 0. The van der Waals surface area contributed by atoms with E-state index in [0.717, 1.165) is 4.90 Å². The van der Waals surface area contributed by atoms with E-state index < -0.39 is 4.92 Å². The molecule has 0 amide bonds. The molecule has 1 aromatic carbocycles. The topological polar surface area (TPSA) is 94.0 Å². The van der Waals surface area contributed by atoms with E-state index >= 15 is 0 Å². The van der Waals surface area contributed by atoms with E-state index in [2.05, 4.69) is 0 Å². The number of benzene rings is 1. The summed E-state index contributed by atoms with van der Waals surface area (Å²) >= 11 is 0. The van der Waals surface area contributed by atoms with Crippen LogP contribution in [-0.4, -0.2) is 4.92 Å². The van der Waals surface area contributed by atoms with Gasteiger partial charge >= 0.3 is 0 Å². The van der Waals surface area contributed by atoms with Crippen LogP contribution in [0.4, 0.5) is 11.4 Å². The molecule has 0 aliphatic carbocycles. The van der Waals surface area contributed by atoms with Gasteiger partial charge in [0.05, 0.1) is 10.6 Å². The summed E-state index contributed by atoms with van der Waals surface area (Å²) in [5, 5.41) is 27.2. The van der Waals surface area contributed by atoms with Gasteiger partial charge in [0.2, 0.25) is 0 Å². The molecule has 1 aromatic rings. The third-order valence-electron chi connectivity index (χ3n) is 1.52. The first-order valence-electron chi connectivity index (χ1n) is 3.53. The van der Waals surface area contributed by atoms with Crippen molar-refractivity contribution in [2.75, 3.05) is 4.90 Å². The van der Waals surface area contributed by atoms with Gasteiger partial charge in [0.15, 0.2) is 12.4 Å². The molecule has 0 aliphatic rings. The molecule has 0 saturated heterocycles. The second-order valence-electron chi connectivity index (χ2n) is 2.31. The number of anilines is 1. The van der Waals surface area contributed by atoms with Gasteiger partial charge in [-0.3, -0.25) is 10.1 Å². The lowest BCUT2D eigenvalue weighted by Gasteiger charge is -2.03. The quantitative estimate of drug-likeness (QED) is 0.302. The molecule has 0 fully saturated rings. The van der Waals surface area contributed by atoms with Crippen molar-refractivity contribution in [3.63, 3.8) is 0 Å². The summed E-state index contributed by atoms with van der Waals surface area (Å²) < 4.78 is 0. The van der Waals surface area contributed by atoms with Crippen molar-refractivity contribution in [2.45, 2.75) is 0 Å². The van der Waals surface area contributed by atoms with Crippen LogP contribution in [0.1, 0.15) is 0 Å². The Bertz CT molecular complexity index is 412. The van der Waals surface area contributed by atoms with Crippen LogP contribution in [0.25, 0.3) is 0 Å². The molecule has 0 radical (unpaired) electrons. The molecule has 0 aromatic heterocycles. The fourth-order valence-electron chi connectivity index (χ4n) is 0.861. The summed E-state index contributed by atoms with van der Waals surface area (Å²) in [5.41, 5.74) is 0.227. The van der Waals surface area contributed by atoms with Gasteiger partial charge in [-0.2, -0.15) is 15.4 Å².